The third kappa shape index (κ3) is 7.18. The molecule has 0 radical (unpaired) electrons. The molecule has 0 bridgehead atoms. The van der Waals surface area contributed by atoms with Gasteiger partial charge in [0.2, 0.25) is 0 Å². The third-order valence-electron chi connectivity index (χ3n) is 5.09. The molecule has 1 unspecified atom stereocenters. The zero-order valence-electron chi connectivity index (χ0n) is 18.8. The van der Waals surface area contributed by atoms with Crippen molar-refractivity contribution in [2.24, 2.45) is 0 Å². The smallest absolute Gasteiger partial charge is 0.377 e. The molecule has 0 saturated heterocycles. The molecule has 174 valence electrons. The van der Waals surface area contributed by atoms with Crippen molar-refractivity contribution in [1.29, 1.82) is 0 Å². The largest absolute Gasteiger partial charge is 0.508 e. The van der Waals surface area contributed by atoms with Gasteiger partial charge in [-0.15, -0.1) is 0 Å². The maximum Gasteiger partial charge on any atom is 0.377 e. The van der Waals surface area contributed by atoms with E-state index in [0.717, 1.165) is 17.2 Å². The van der Waals surface area contributed by atoms with Crippen LogP contribution in [-0.2, 0) is 19.6 Å². The molecular formula is C26H30O6Si. The van der Waals surface area contributed by atoms with Gasteiger partial charge in [0.15, 0.2) is 0 Å². The third-order valence-corrected chi connectivity index (χ3v) is 8.51. The van der Waals surface area contributed by atoms with Gasteiger partial charge >= 0.3 is 14.5 Å². The Bertz CT molecular complexity index is 992. The van der Waals surface area contributed by atoms with Gasteiger partial charge in [-0.1, -0.05) is 49.4 Å². The second kappa shape index (κ2) is 12.2. The molecule has 3 aromatic rings. The highest BCUT2D eigenvalue weighted by Gasteiger charge is 2.40. The second-order valence-corrected chi connectivity index (χ2v) is 10.7. The zero-order valence-corrected chi connectivity index (χ0v) is 19.8. The molecule has 0 aliphatic carbocycles. The van der Waals surface area contributed by atoms with Crippen LogP contribution >= 0.6 is 0 Å². The number of rotatable bonds is 12. The van der Waals surface area contributed by atoms with Crippen LogP contribution in [0.5, 0.6) is 11.5 Å². The lowest BCUT2D eigenvalue weighted by molar-refractivity contribution is 0.0478. The molecule has 0 aliphatic heterocycles. The summed E-state index contributed by atoms with van der Waals surface area (Å²) >= 11 is 0. The van der Waals surface area contributed by atoms with Gasteiger partial charge in [0.05, 0.1) is 12.2 Å². The van der Waals surface area contributed by atoms with E-state index in [0.29, 0.717) is 31.2 Å². The number of ether oxygens (including phenoxy) is 1. The molecule has 0 aromatic heterocycles. The summed E-state index contributed by atoms with van der Waals surface area (Å²) in [4.78, 5) is 12.2. The maximum atomic E-state index is 12.2. The van der Waals surface area contributed by atoms with Crippen molar-refractivity contribution >= 4 is 19.7 Å². The summed E-state index contributed by atoms with van der Waals surface area (Å²) in [6.45, 7) is 3.24. The molecule has 3 rings (SSSR count). The summed E-state index contributed by atoms with van der Waals surface area (Å²) in [7, 11) is -2.85. The molecule has 0 spiro atoms. The Balaban J connectivity index is 1.67. The van der Waals surface area contributed by atoms with Crippen LogP contribution in [0.2, 0.25) is 0 Å². The van der Waals surface area contributed by atoms with Crippen molar-refractivity contribution in [2.75, 3.05) is 19.8 Å². The van der Waals surface area contributed by atoms with E-state index < -0.39 is 14.5 Å². The minimum Gasteiger partial charge on any atom is -0.508 e. The van der Waals surface area contributed by atoms with Crippen molar-refractivity contribution in [1.82, 2.24) is 0 Å². The fourth-order valence-electron chi connectivity index (χ4n) is 3.40. The molecule has 6 nitrogen and oxygen atoms in total. The molecule has 0 heterocycles. The van der Waals surface area contributed by atoms with E-state index in [9.17, 15) is 15.0 Å². The van der Waals surface area contributed by atoms with Crippen molar-refractivity contribution in [3.63, 3.8) is 0 Å². The molecule has 3 aromatic carbocycles. The van der Waals surface area contributed by atoms with Gasteiger partial charge in [0.1, 0.15) is 11.5 Å². The predicted octanol–water partition coefficient (Wildman–Crippen LogP) is 4.22. The highest BCUT2D eigenvalue weighted by Crippen LogP contribution is 2.19. The van der Waals surface area contributed by atoms with Crippen LogP contribution < -0.4 is 5.19 Å². The van der Waals surface area contributed by atoms with Gasteiger partial charge in [-0.2, -0.15) is 0 Å². The van der Waals surface area contributed by atoms with Crippen LogP contribution in [0, 0.1) is 0 Å². The molecule has 0 fully saturated rings. The molecule has 0 saturated carbocycles. The lowest BCUT2D eigenvalue weighted by atomic mass is 10.2. The van der Waals surface area contributed by atoms with Crippen LogP contribution in [0.15, 0.2) is 78.9 Å². The number of phenols is 2. The van der Waals surface area contributed by atoms with Crippen molar-refractivity contribution < 1.29 is 28.6 Å². The molecular weight excluding hydrogens is 436 g/mol. The van der Waals surface area contributed by atoms with Gasteiger partial charge in [-0.05, 0) is 53.6 Å². The van der Waals surface area contributed by atoms with Gasteiger partial charge in [-0.3, -0.25) is 0 Å². The number of hydrogen-bond donors (Lipinski definition) is 2. The van der Waals surface area contributed by atoms with Crippen molar-refractivity contribution in [3.05, 3.63) is 90.0 Å². The fourth-order valence-corrected chi connectivity index (χ4v) is 6.70. The van der Waals surface area contributed by atoms with Crippen LogP contribution in [0.3, 0.4) is 0 Å². The summed E-state index contributed by atoms with van der Waals surface area (Å²) in [6.07, 6.45) is 1.39. The van der Waals surface area contributed by atoms with Crippen LogP contribution in [0.4, 0.5) is 0 Å². The van der Waals surface area contributed by atoms with Gasteiger partial charge in [-0.25, -0.2) is 4.79 Å². The number of benzene rings is 3. The van der Waals surface area contributed by atoms with E-state index in [1.54, 1.807) is 12.1 Å². The highest BCUT2D eigenvalue weighted by atomic mass is 28.4. The number of hydrogen-bond acceptors (Lipinski definition) is 6. The van der Waals surface area contributed by atoms with Crippen LogP contribution in [-0.4, -0.2) is 44.6 Å². The summed E-state index contributed by atoms with van der Waals surface area (Å²) in [5.41, 5.74) is 1.42. The maximum absolute atomic E-state index is 12.2. The average Bonchev–Trinajstić information content (AvgIpc) is 2.84. The topological polar surface area (TPSA) is 85.2 Å². The Kier molecular flexibility index (Phi) is 9.06. The van der Waals surface area contributed by atoms with Gasteiger partial charge in [0, 0.05) is 25.7 Å². The number of esters is 1. The lowest BCUT2D eigenvalue weighted by Gasteiger charge is -2.31. The monoisotopic (exact) mass is 466 g/mol. The normalized spacial score (nSPS) is 12.8. The van der Waals surface area contributed by atoms with E-state index in [4.69, 9.17) is 13.6 Å². The fraction of sp³-hybridized carbons (Fsp3) is 0.269. The Hall–Kier alpha value is -3.13. The van der Waals surface area contributed by atoms with Crippen LogP contribution in [0.1, 0.15) is 35.7 Å². The van der Waals surface area contributed by atoms with Gasteiger partial charge in [0.25, 0.3) is 0 Å². The minimum absolute atomic E-state index is 0.0999. The van der Waals surface area contributed by atoms with E-state index in [1.165, 1.54) is 24.3 Å². The number of carbonyl (C=O) groups is 1. The first-order valence-corrected chi connectivity index (χ1v) is 13.1. The van der Waals surface area contributed by atoms with Crippen molar-refractivity contribution in [2.45, 2.75) is 25.8 Å². The molecule has 7 heteroatoms. The summed E-state index contributed by atoms with van der Waals surface area (Å²) in [6, 6.07) is 23.7. The second-order valence-electron chi connectivity index (χ2n) is 7.70. The lowest BCUT2D eigenvalue weighted by Crippen LogP contribution is -2.56. The van der Waals surface area contributed by atoms with E-state index in [-0.39, 0.29) is 18.1 Å². The summed E-state index contributed by atoms with van der Waals surface area (Å²) in [5, 5.41) is 20.0. The van der Waals surface area contributed by atoms with Crippen molar-refractivity contribution in [3.8, 4) is 11.5 Å². The number of phenolic OH excluding ortho intramolecular Hbond substituents is 2. The molecule has 0 amide bonds. The summed E-state index contributed by atoms with van der Waals surface area (Å²) in [5.74, 6) is -0.118. The quantitative estimate of drug-likeness (QED) is 0.236. The number of aromatic hydroxyl groups is 2. The Morgan fingerprint density at radius 3 is 2.03 bits per heavy atom. The molecule has 33 heavy (non-hydrogen) atoms. The molecule has 0 aliphatic rings. The Labute approximate surface area is 195 Å². The first-order valence-electron chi connectivity index (χ1n) is 11.1. The van der Waals surface area contributed by atoms with E-state index in [2.05, 4.69) is 6.92 Å². The first kappa shape index (κ1) is 24.5. The Morgan fingerprint density at radius 1 is 0.788 bits per heavy atom. The minimum atomic E-state index is -2.85. The predicted molar refractivity (Wildman–Crippen MR) is 129 cm³/mol. The SMILES string of the molecule is CCCO[Si](Cc1ccc(O)cc1)(OCCCOC(=O)c1ccc(O)cc1)c1ccccc1. The first-order chi connectivity index (χ1) is 16.0. The Morgan fingerprint density at radius 2 is 1.39 bits per heavy atom. The van der Waals surface area contributed by atoms with E-state index in [1.807, 2.05) is 42.5 Å². The highest BCUT2D eigenvalue weighted by molar-refractivity contribution is 6.80. The zero-order chi connectivity index (χ0) is 23.5. The number of carbonyl (C=O) groups excluding carboxylic acids is 1. The van der Waals surface area contributed by atoms with Gasteiger partial charge < -0.3 is 23.8 Å². The molecule has 2 N–H and O–H groups in total. The standard InChI is InChI=1S/C26H30O6Si/c1-2-17-31-33(25-7-4-3-5-8-25,20-21-9-13-23(27)14-10-21)32-19-6-18-30-26(29)22-11-15-24(28)16-12-22/h3-5,7-16,27-28H,2,6,17-20H2,1H3. The van der Waals surface area contributed by atoms with Crippen LogP contribution in [0.25, 0.3) is 0 Å². The average molecular weight is 467 g/mol. The van der Waals surface area contributed by atoms with E-state index >= 15 is 0 Å². The molecule has 1 atom stereocenters. The summed E-state index contributed by atoms with van der Waals surface area (Å²) < 4.78 is 18.3.